The first-order chi connectivity index (χ1) is 16.3. The van der Waals surface area contributed by atoms with Gasteiger partial charge >= 0.3 is 18.2 Å². The molecule has 0 bridgehead atoms. The molecular formula is C24H31F3N4O4. The Kier molecular flexibility index (Phi) is 7.76. The zero-order valence-corrected chi connectivity index (χ0v) is 20.3. The number of carboxylic acid groups (broad SMARTS) is 1. The van der Waals surface area contributed by atoms with Gasteiger partial charge in [0.25, 0.3) is 0 Å². The minimum absolute atomic E-state index is 0.0928. The first kappa shape index (κ1) is 26.5. The fraction of sp³-hybridized carbons (Fsp3) is 0.583. The predicted molar refractivity (Wildman–Crippen MR) is 124 cm³/mol. The Morgan fingerprint density at radius 2 is 1.80 bits per heavy atom. The summed E-state index contributed by atoms with van der Waals surface area (Å²) in [7, 11) is 0. The Hall–Kier alpha value is -3.11. The van der Waals surface area contributed by atoms with Gasteiger partial charge in [-0.2, -0.15) is 13.2 Å². The van der Waals surface area contributed by atoms with Crippen LogP contribution in [0, 0.1) is 5.92 Å². The number of hydrogen-bond acceptors (Lipinski definition) is 6. The van der Waals surface area contributed by atoms with Crippen molar-refractivity contribution in [3.05, 3.63) is 30.1 Å². The van der Waals surface area contributed by atoms with Gasteiger partial charge in [-0.25, -0.2) is 4.79 Å². The summed E-state index contributed by atoms with van der Waals surface area (Å²) in [5.41, 5.74) is -1.16. The van der Waals surface area contributed by atoms with E-state index in [1.807, 2.05) is 11.8 Å². The maximum atomic E-state index is 13.5. The van der Waals surface area contributed by atoms with Gasteiger partial charge in [-0.1, -0.05) is 6.92 Å². The Balaban J connectivity index is 1.94. The molecule has 0 unspecified atom stereocenters. The van der Waals surface area contributed by atoms with Gasteiger partial charge < -0.3 is 19.6 Å². The van der Waals surface area contributed by atoms with Crippen LogP contribution in [0.15, 0.2) is 24.5 Å². The van der Waals surface area contributed by atoms with Gasteiger partial charge in [0.05, 0.1) is 17.3 Å². The zero-order valence-electron chi connectivity index (χ0n) is 20.3. The third-order valence-corrected chi connectivity index (χ3v) is 5.75. The molecule has 11 heteroatoms. The Bertz CT molecular complexity index is 1070. The highest BCUT2D eigenvalue weighted by Gasteiger charge is 2.37. The molecule has 192 valence electrons. The maximum absolute atomic E-state index is 13.5. The van der Waals surface area contributed by atoms with Crippen LogP contribution in [0.1, 0.15) is 52.5 Å². The van der Waals surface area contributed by atoms with Gasteiger partial charge in [-0.3, -0.25) is 14.8 Å². The average molecular weight is 497 g/mol. The van der Waals surface area contributed by atoms with E-state index in [-0.39, 0.29) is 42.4 Å². The number of nitrogens with zero attached hydrogens (tertiary/aromatic N) is 4. The number of ether oxygens (including phenoxy) is 1. The standard InChI is InChI=1S/C24H31F3N4O4/c1-15-12-16(31(11-5-6-19(32)33)22(34)35-23(2,3)4)14-30(13-15)18-8-7-17(24(25,26)27)20-21(18)29-10-9-28-20/h7-10,15-16H,5-6,11-14H2,1-4H3,(H,32,33)/t15-,16+/m0/s1. The number of anilines is 1. The van der Waals surface area contributed by atoms with Crippen molar-refractivity contribution in [1.29, 1.82) is 0 Å². The van der Waals surface area contributed by atoms with Crippen molar-refractivity contribution < 1.29 is 32.6 Å². The lowest BCUT2D eigenvalue weighted by Gasteiger charge is -2.43. The zero-order chi connectivity index (χ0) is 26.0. The van der Waals surface area contributed by atoms with Crippen LogP contribution in [0.3, 0.4) is 0 Å². The molecule has 0 saturated carbocycles. The van der Waals surface area contributed by atoms with E-state index in [4.69, 9.17) is 9.84 Å². The quantitative estimate of drug-likeness (QED) is 0.604. The SMILES string of the molecule is C[C@H]1C[C@@H](N(CCCC(=O)O)C(=O)OC(C)(C)C)CN(c2ccc(C(F)(F)F)c3nccnc23)C1. The highest BCUT2D eigenvalue weighted by molar-refractivity contribution is 5.91. The van der Waals surface area contributed by atoms with E-state index in [9.17, 15) is 22.8 Å². The Labute approximate surface area is 202 Å². The van der Waals surface area contributed by atoms with Crippen molar-refractivity contribution in [2.45, 2.75) is 64.8 Å². The third kappa shape index (κ3) is 6.73. The van der Waals surface area contributed by atoms with Crippen LogP contribution in [0.5, 0.6) is 0 Å². The van der Waals surface area contributed by atoms with Crippen LogP contribution < -0.4 is 4.90 Å². The second-order valence-corrected chi connectivity index (χ2v) is 9.95. The van der Waals surface area contributed by atoms with Crippen molar-refractivity contribution in [2.75, 3.05) is 24.5 Å². The molecule has 1 aromatic carbocycles. The number of hydrogen-bond donors (Lipinski definition) is 1. The highest BCUT2D eigenvalue weighted by Crippen LogP contribution is 2.38. The average Bonchev–Trinajstić information content (AvgIpc) is 2.73. The van der Waals surface area contributed by atoms with Gasteiger partial charge in [0, 0.05) is 38.4 Å². The van der Waals surface area contributed by atoms with E-state index >= 15 is 0 Å². The summed E-state index contributed by atoms with van der Waals surface area (Å²) in [6.07, 6.45) is -1.71. The molecule has 8 nitrogen and oxygen atoms in total. The molecule has 0 spiro atoms. The molecule has 2 aromatic rings. The molecule has 1 fully saturated rings. The van der Waals surface area contributed by atoms with Gasteiger partial charge in [0.2, 0.25) is 0 Å². The van der Waals surface area contributed by atoms with E-state index in [1.165, 1.54) is 18.5 Å². The highest BCUT2D eigenvalue weighted by atomic mass is 19.4. The minimum Gasteiger partial charge on any atom is -0.481 e. The topological polar surface area (TPSA) is 95.9 Å². The normalized spacial score (nSPS) is 19.0. The number of aliphatic carboxylic acids is 1. The molecule has 2 atom stereocenters. The number of piperidine rings is 1. The van der Waals surface area contributed by atoms with Gasteiger partial charge in [0.1, 0.15) is 16.6 Å². The number of amides is 1. The number of rotatable bonds is 6. The van der Waals surface area contributed by atoms with Crippen molar-refractivity contribution in [1.82, 2.24) is 14.9 Å². The first-order valence-corrected chi connectivity index (χ1v) is 11.5. The fourth-order valence-electron chi connectivity index (χ4n) is 4.41. The van der Waals surface area contributed by atoms with E-state index < -0.39 is 29.4 Å². The summed E-state index contributed by atoms with van der Waals surface area (Å²) in [5.74, 6) is -0.852. The molecule has 35 heavy (non-hydrogen) atoms. The summed E-state index contributed by atoms with van der Waals surface area (Å²) in [6, 6.07) is 2.09. The lowest BCUT2D eigenvalue weighted by Crippen LogP contribution is -2.53. The van der Waals surface area contributed by atoms with Crippen LogP contribution in [-0.2, 0) is 15.7 Å². The van der Waals surface area contributed by atoms with Crippen molar-refractivity contribution in [3.8, 4) is 0 Å². The number of carbonyl (C=O) groups is 2. The molecule has 2 heterocycles. The summed E-state index contributed by atoms with van der Waals surface area (Å²) in [6.45, 7) is 8.36. The number of benzene rings is 1. The van der Waals surface area contributed by atoms with Crippen LogP contribution >= 0.6 is 0 Å². The summed E-state index contributed by atoms with van der Waals surface area (Å²) < 4.78 is 46.2. The second kappa shape index (κ2) is 10.2. The van der Waals surface area contributed by atoms with Gasteiger partial charge in [0.15, 0.2) is 0 Å². The molecule has 0 radical (unpaired) electrons. The number of carboxylic acids is 1. The summed E-state index contributed by atoms with van der Waals surface area (Å²) in [4.78, 5) is 35.7. The fourth-order valence-corrected chi connectivity index (χ4v) is 4.41. The largest absolute Gasteiger partial charge is 0.481 e. The van der Waals surface area contributed by atoms with Crippen LogP contribution in [0.2, 0.25) is 0 Å². The number of halogens is 3. The van der Waals surface area contributed by atoms with E-state index in [2.05, 4.69) is 9.97 Å². The number of fused-ring (bicyclic) bond motifs is 1. The first-order valence-electron chi connectivity index (χ1n) is 11.5. The van der Waals surface area contributed by atoms with E-state index in [1.54, 1.807) is 25.7 Å². The molecule has 1 amide bonds. The van der Waals surface area contributed by atoms with Gasteiger partial charge in [-0.15, -0.1) is 0 Å². The van der Waals surface area contributed by atoms with Crippen molar-refractivity contribution in [2.24, 2.45) is 5.92 Å². The smallest absolute Gasteiger partial charge is 0.418 e. The summed E-state index contributed by atoms with van der Waals surface area (Å²) >= 11 is 0. The molecule has 1 aliphatic heterocycles. The van der Waals surface area contributed by atoms with Crippen molar-refractivity contribution in [3.63, 3.8) is 0 Å². The molecule has 1 aliphatic rings. The number of alkyl halides is 3. The van der Waals surface area contributed by atoms with Gasteiger partial charge in [-0.05, 0) is 51.7 Å². The third-order valence-electron chi connectivity index (χ3n) is 5.75. The minimum atomic E-state index is -4.57. The lowest BCUT2D eigenvalue weighted by atomic mass is 9.93. The van der Waals surface area contributed by atoms with Crippen LogP contribution in [0.4, 0.5) is 23.7 Å². The molecule has 0 aliphatic carbocycles. The Morgan fingerprint density at radius 1 is 1.14 bits per heavy atom. The molecule has 1 N–H and O–H groups in total. The lowest BCUT2D eigenvalue weighted by molar-refractivity contribution is -0.137. The monoisotopic (exact) mass is 496 g/mol. The van der Waals surface area contributed by atoms with E-state index in [0.29, 0.717) is 25.2 Å². The van der Waals surface area contributed by atoms with Crippen molar-refractivity contribution >= 4 is 28.8 Å². The maximum Gasteiger partial charge on any atom is 0.418 e. The van der Waals surface area contributed by atoms with E-state index in [0.717, 1.165) is 6.07 Å². The summed E-state index contributed by atoms with van der Waals surface area (Å²) in [5, 5.41) is 9.04. The predicted octanol–water partition coefficient (Wildman–Crippen LogP) is 4.97. The number of carbonyl (C=O) groups excluding carboxylic acids is 1. The molecule has 1 saturated heterocycles. The molecule has 1 aromatic heterocycles. The molecular weight excluding hydrogens is 465 g/mol. The van der Waals surface area contributed by atoms with Crippen LogP contribution in [-0.4, -0.2) is 63.3 Å². The Morgan fingerprint density at radius 3 is 2.40 bits per heavy atom. The molecule has 3 rings (SSSR count). The second-order valence-electron chi connectivity index (χ2n) is 9.95. The van der Waals surface area contributed by atoms with Crippen LogP contribution in [0.25, 0.3) is 11.0 Å². The number of aromatic nitrogens is 2.